The minimum atomic E-state index is -4.29. The summed E-state index contributed by atoms with van der Waals surface area (Å²) in [5, 5.41) is 0. The summed E-state index contributed by atoms with van der Waals surface area (Å²) in [7, 11) is 0. The lowest BCUT2D eigenvalue weighted by Gasteiger charge is -2.21. The summed E-state index contributed by atoms with van der Waals surface area (Å²) in [5.74, 6) is 0.564. The highest BCUT2D eigenvalue weighted by atomic mass is 127. The third-order valence-corrected chi connectivity index (χ3v) is 3.91. The van der Waals surface area contributed by atoms with Gasteiger partial charge in [-0.1, -0.05) is 37.1 Å². The van der Waals surface area contributed by atoms with Crippen molar-refractivity contribution >= 4 is 29.9 Å². The van der Waals surface area contributed by atoms with Crippen LogP contribution in [0.4, 0.5) is 13.2 Å². The van der Waals surface area contributed by atoms with Crippen LogP contribution in [-0.4, -0.2) is 36.7 Å². The molecule has 1 heterocycles. The summed E-state index contributed by atoms with van der Waals surface area (Å²) in [6.45, 7) is 1.08. The lowest BCUT2D eigenvalue weighted by molar-refractivity contribution is -0.176. The molecular weight excluding hydrogens is 446 g/mol. The molecule has 0 aromatic heterocycles. The first-order valence-corrected chi connectivity index (χ1v) is 8.21. The molecule has 1 fully saturated rings. The molecule has 1 aromatic rings. The predicted octanol–water partition coefficient (Wildman–Crippen LogP) is 4.07. The van der Waals surface area contributed by atoms with E-state index in [1.54, 1.807) is 12.1 Å². The minimum Gasteiger partial charge on any atom is -0.370 e. The fourth-order valence-electron chi connectivity index (χ4n) is 2.60. The van der Waals surface area contributed by atoms with Crippen LogP contribution < -0.4 is 5.73 Å². The van der Waals surface area contributed by atoms with Gasteiger partial charge in [-0.25, -0.2) is 4.99 Å². The van der Waals surface area contributed by atoms with Gasteiger partial charge in [0, 0.05) is 13.1 Å². The molecule has 2 rings (SSSR count). The zero-order chi connectivity index (χ0) is 17.4. The summed E-state index contributed by atoms with van der Waals surface area (Å²) in [4.78, 5) is 6.54. The lowest BCUT2D eigenvalue weighted by atomic mass is 10.1. The normalized spacial score (nSPS) is 16.3. The summed E-state index contributed by atoms with van der Waals surface area (Å²) in [6, 6.07) is 7.18. The van der Waals surface area contributed by atoms with E-state index >= 15 is 0 Å². The second-order valence-corrected chi connectivity index (χ2v) is 6.00. The number of likely N-dealkylation sites (tertiary alicyclic amines) is 1. The van der Waals surface area contributed by atoms with Crippen molar-refractivity contribution in [3.8, 4) is 0 Å². The van der Waals surface area contributed by atoms with Gasteiger partial charge in [-0.3, -0.25) is 0 Å². The molecule has 0 spiro atoms. The van der Waals surface area contributed by atoms with Crippen molar-refractivity contribution in [3.63, 3.8) is 0 Å². The Kier molecular flexibility index (Phi) is 9.55. The molecule has 2 N–H and O–H groups in total. The molecule has 142 valence electrons. The molecule has 0 amide bonds. The largest absolute Gasteiger partial charge is 0.411 e. The van der Waals surface area contributed by atoms with Crippen molar-refractivity contribution in [1.82, 2.24) is 4.90 Å². The minimum absolute atomic E-state index is 0. The van der Waals surface area contributed by atoms with Gasteiger partial charge in [0.25, 0.3) is 0 Å². The van der Waals surface area contributed by atoms with Crippen LogP contribution in [-0.2, 0) is 17.9 Å². The Morgan fingerprint density at radius 3 is 2.16 bits per heavy atom. The maximum Gasteiger partial charge on any atom is 0.411 e. The molecule has 0 radical (unpaired) electrons. The summed E-state index contributed by atoms with van der Waals surface area (Å²) in [6.07, 6.45) is 0.467. The van der Waals surface area contributed by atoms with Gasteiger partial charge in [0.2, 0.25) is 0 Å². The predicted molar refractivity (Wildman–Crippen MR) is 103 cm³/mol. The summed E-state index contributed by atoms with van der Waals surface area (Å²) < 4.78 is 40.7. The molecule has 1 saturated heterocycles. The van der Waals surface area contributed by atoms with Gasteiger partial charge in [0.15, 0.2) is 5.96 Å². The highest BCUT2D eigenvalue weighted by Gasteiger charge is 2.27. The highest BCUT2D eigenvalue weighted by molar-refractivity contribution is 14.0. The zero-order valence-electron chi connectivity index (χ0n) is 14.1. The molecule has 0 aliphatic carbocycles. The van der Waals surface area contributed by atoms with Gasteiger partial charge >= 0.3 is 6.18 Å². The first-order chi connectivity index (χ1) is 11.4. The van der Waals surface area contributed by atoms with E-state index in [4.69, 9.17) is 5.73 Å². The quantitative estimate of drug-likeness (QED) is 0.400. The van der Waals surface area contributed by atoms with Crippen molar-refractivity contribution in [1.29, 1.82) is 0 Å². The number of hydrogen-bond donors (Lipinski definition) is 1. The standard InChI is InChI=1S/C17H24F3N3O.HI/c18-17(19,20)13-24-12-15-7-5-14(6-8-15)11-22-16(21)23-9-3-1-2-4-10-23;/h5-8H,1-4,9-13H2,(H2,21,22);1H. The van der Waals surface area contributed by atoms with E-state index in [2.05, 4.69) is 14.6 Å². The average molecular weight is 471 g/mol. The number of hydrogen-bond acceptors (Lipinski definition) is 2. The van der Waals surface area contributed by atoms with Crippen LogP contribution in [0.5, 0.6) is 0 Å². The van der Waals surface area contributed by atoms with Crippen molar-refractivity contribution in [2.45, 2.75) is 45.0 Å². The first kappa shape index (κ1) is 22.0. The molecule has 1 aliphatic rings. The first-order valence-electron chi connectivity index (χ1n) is 8.21. The van der Waals surface area contributed by atoms with E-state index < -0.39 is 12.8 Å². The van der Waals surface area contributed by atoms with Gasteiger partial charge in [-0.05, 0) is 24.0 Å². The number of ether oxygens (including phenoxy) is 1. The molecule has 4 nitrogen and oxygen atoms in total. The fourth-order valence-corrected chi connectivity index (χ4v) is 2.60. The number of rotatable bonds is 5. The summed E-state index contributed by atoms with van der Waals surface area (Å²) >= 11 is 0. The monoisotopic (exact) mass is 471 g/mol. The van der Waals surface area contributed by atoms with Gasteiger partial charge in [0.1, 0.15) is 6.61 Å². The van der Waals surface area contributed by atoms with Gasteiger partial charge in [0.05, 0.1) is 13.2 Å². The van der Waals surface area contributed by atoms with E-state index in [0.717, 1.165) is 31.5 Å². The van der Waals surface area contributed by atoms with Crippen LogP contribution in [0.1, 0.15) is 36.8 Å². The molecule has 1 aliphatic heterocycles. The molecule has 8 heteroatoms. The zero-order valence-corrected chi connectivity index (χ0v) is 16.4. The number of nitrogens with two attached hydrogens (primary N) is 1. The van der Waals surface area contributed by atoms with Crippen LogP contribution >= 0.6 is 24.0 Å². The lowest BCUT2D eigenvalue weighted by Crippen LogP contribution is -2.38. The Bertz CT molecular complexity index is 527. The van der Waals surface area contributed by atoms with E-state index in [0.29, 0.717) is 18.1 Å². The Morgan fingerprint density at radius 2 is 1.60 bits per heavy atom. The highest BCUT2D eigenvalue weighted by Crippen LogP contribution is 2.16. The van der Waals surface area contributed by atoms with Crippen LogP contribution in [0.2, 0.25) is 0 Å². The Hall–Kier alpha value is -1.03. The number of nitrogens with zero attached hydrogens (tertiary/aromatic N) is 2. The van der Waals surface area contributed by atoms with Crippen LogP contribution in [0.3, 0.4) is 0 Å². The molecule has 0 atom stereocenters. The van der Waals surface area contributed by atoms with Crippen LogP contribution in [0, 0.1) is 0 Å². The van der Waals surface area contributed by atoms with Crippen LogP contribution in [0.15, 0.2) is 29.3 Å². The van der Waals surface area contributed by atoms with Crippen molar-refractivity contribution in [2.75, 3.05) is 19.7 Å². The van der Waals surface area contributed by atoms with Gasteiger partial charge in [-0.2, -0.15) is 13.2 Å². The second kappa shape index (κ2) is 10.8. The number of guanidine groups is 1. The molecule has 25 heavy (non-hydrogen) atoms. The number of halogens is 4. The summed E-state index contributed by atoms with van der Waals surface area (Å²) in [5.41, 5.74) is 7.72. The fraction of sp³-hybridized carbons (Fsp3) is 0.588. The van der Waals surface area contributed by atoms with Gasteiger partial charge in [-0.15, -0.1) is 24.0 Å². The molecule has 0 bridgehead atoms. The SMILES string of the molecule is I.NC(=NCc1ccc(COCC(F)(F)F)cc1)N1CCCCCC1. The van der Waals surface area contributed by atoms with Crippen molar-refractivity contribution in [3.05, 3.63) is 35.4 Å². The Balaban J connectivity index is 0.00000312. The Morgan fingerprint density at radius 1 is 1.04 bits per heavy atom. The number of benzene rings is 1. The molecule has 1 aromatic carbocycles. The third-order valence-electron chi connectivity index (χ3n) is 3.91. The molecule has 0 unspecified atom stereocenters. The van der Waals surface area contributed by atoms with E-state index in [-0.39, 0.29) is 30.6 Å². The third kappa shape index (κ3) is 8.75. The van der Waals surface area contributed by atoms with E-state index in [9.17, 15) is 13.2 Å². The molecular formula is C17H25F3IN3O. The average Bonchev–Trinajstić information content (AvgIpc) is 2.82. The van der Waals surface area contributed by atoms with Crippen LogP contribution in [0.25, 0.3) is 0 Å². The van der Waals surface area contributed by atoms with Crippen molar-refractivity contribution < 1.29 is 17.9 Å². The number of alkyl halides is 3. The van der Waals surface area contributed by atoms with E-state index in [1.807, 2.05) is 12.1 Å². The smallest absolute Gasteiger partial charge is 0.370 e. The van der Waals surface area contributed by atoms with Crippen molar-refractivity contribution in [2.24, 2.45) is 10.7 Å². The second-order valence-electron chi connectivity index (χ2n) is 6.00. The van der Waals surface area contributed by atoms with E-state index in [1.165, 1.54) is 12.8 Å². The maximum atomic E-state index is 12.0. The number of aliphatic imine (C=N–C) groups is 1. The maximum absolute atomic E-state index is 12.0. The molecule has 0 saturated carbocycles. The Labute approximate surface area is 163 Å². The van der Waals surface area contributed by atoms with Gasteiger partial charge < -0.3 is 15.4 Å². The topological polar surface area (TPSA) is 50.9 Å².